The molecule has 0 spiro atoms. The second kappa shape index (κ2) is 4.94. The first kappa shape index (κ1) is 10.9. The highest BCUT2D eigenvalue weighted by molar-refractivity contribution is 5.79. The highest BCUT2D eigenvalue weighted by Crippen LogP contribution is 2.27. The Hall–Kier alpha value is -0.610. The van der Waals surface area contributed by atoms with E-state index in [-0.39, 0.29) is 18.4 Å². The summed E-state index contributed by atoms with van der Waals surface area (Å²) in [5.41, 5.74) is 0. The molecule has 1 amide bonds. The second-order valence-electron chi connectivity index (χ2n) is 4.40. The smallest absolute Gasteiger partial charge is 0.228 e. The Morgan fingerprint density at radius 2 is 2.20 bits per heavy atom. The normalized spacial score (nSPS) is 26.3. The van der Waals surface area contributed by atoms with Crippen LogP contribution in [0.25, 0.3) is 0 Å². The van der Waals surface area contributed by atoms with Gasteiger partial charge in [-0.1, -0.05) is 0 Å². The largest absolute Gasteiger partial charge is 0.395 e. The maximum Gasteiger partial charge on any atom is 0.228 e. The van der Waals surface area contributed by atoms with E-state index in [9.17, 15) is 4.79 Å². The number of carbonyl (C=O) groups is 1. The van der Waals surface area contributed by atoms with Crippen molar-refractivity contribution < 1.29 is 14.6 Å². The Bertz CT molecular complexity index is 222. The van der Waals surface area contributed by atoms with Crippen molar-refractivity contribution >= 4 is 5.91 Å². The van der Waals surface area contributed by atoms with E-state index >= 15 is 0 Å². The Kier molecular flexibility index (Phi) is 3.59. The van der Waals surface area contributed by atoms with Crippen LogP contribution in [-0.2, 0) is 9.53 Å². The number of hydrogen-bond donors (Lipinski definition) is 1. The zero-order chi connectivity index (χ0) is 10.7. The number of amides is 1. The van der Waals surface area contributed by atoms with Crippen LogP contribution in [0.5, 0.6) is 0 Å². The minimum absolute atomic E-state index is 0.0390. The van der Waals surface area contributed by atoms with Crippen molar-refractivity contribution in [1.29, 1.82) is 0 Å². The molecule has 15 heavy (non-hydrogen) atoms. The van der Waals surface area contributed by atoms with E-state index in [1.165, 1.54) is 6.42 Å². The topological polar surface area (TPSA) is 49.8 Å². The molecule has 0 bridgehead atoms. The van der Waals surface area contributed by atoms with Crippen LogP contribution in [0, 0.1) is 5.92 Å². The highest BCUT2D eigenvalue weighted by atomic mass is 16.5. The van der Waals surface area contributed by atoms with Gasteiger partial charge < -0.3 is 14.7 Å². The van der Waals surface area contributed by atoms with Crippen molar-refractivity contribution in [1.82, 2.24) is 4.90 Å². The van der Waals surface area contributed by atoms with E-state index < -0.39 is 0 Å². The summed E-state index contributed by atoms with van der Waals surface area (Å²) in [5, 5.41) is 8.97. The highest BCUT2D eigenvalue weighted by Gasteiger charge is 2.33. The van der Waals surface area contributed by atoms with E-state index in [0.717, 1.165) is 19.3 Å². The van der Waals surface area contributed by atoms with E-state index in [1.54, 1.807) is 0 Å². The molecule has 2 fully saturated rings. The van der Waals surface area contributed by atoms with Crippen molar-refractivity contribution in [2.75, 3.05) is 26.4 Å². The minimum Gasteiger partial charge on any atom is -0.395 e. The number of carbonyl (C=O) groups excluding carboxylic acids is 1. The third-order valence-electron chi connectivity index (χ3n) is 3.42. The van der Waals surface area contributed by atoms with Gasteiger partial charge in [0.15, 0.2) is 0 Å². The van der Waals surface area contributed by atoms with Gasteiger partial charge in [-0.15, -0.1) is 0 Å². The molecule has 1 saturated carbocycles. The predicted molar refractivity (Wildman–Crippen MR) is 55.4 cm³/mol. The fourth-order valence-corrected chi connectivity index (χ4v) is 2.24. The van der Waals surface area contributed by atoms with E-state index in [2.05, 4.69) is 0 Å². The monoisotopic (exact) mass is 213 g/mol. The molecule has 2 aliphatic rings. The summed E-state index contributed by atoms with van der Waals surface area (Å²) in [4.78, 5) is 14.0. The van der Waals surface area contributed by atoms with Crippen LogP contribution in [0.15, 0.2) is 0 Å². The van der Waals surface area contributed by atoms with Gasteiger partial charge in [0, 0.05) is 19.2 Å². The number of hydrogen-bond acceptors (Lipinski definition) is 3. The molecule has 86 valence electrons. The van der Waals surface area contributed by atoms with Crippen LogP contribution in [0.2, 0.25) is 0 Å². The summed E-state index contributed by atoms with van der Waals surface area (Å²) >= 11 is 0. The van der Waals surface area contributed by atoms with Crippen LogP contribution in [0.3, 0.4) is 0 Å². The number of aliphatic hydroxyl groups is 1. The van der Waals surface area contributed by atoms with Crippen molar-refractivity contribution in [3.05, 3.63) is 0 Å². The molecule has 4 nitrogen and oxygen atoms in total. The molecule has 1 aliphatic heterocycles. The van der Waals surface area contributed by atoms with Gasteiger partial charge in [-0.2, -0.15) is 0 Å². The lowest BCUT2D eigenvalue weighted by Gasteiger charge is -2.38. The molecule has 1 saturated heterocycles. The predicted octanol–water partition coefficient (Wildman–Crippen LogP) is 0.396. The molecule has 1 aliphatic carbocycles. The first-order valence-electron chi connectivity index (χ1n) is 5.82. The number of aliphatic hydroxyl groups excluding tert-OH is 1. The summed E-state index contributed by atoms with van der Waals surface area (Å²) in [7, 11) is 0. The lowest BCUT2D eigenvalue weighted by molar-refractivity contribution is -0.140. The number of rotatable bonds is 4. The van der Waals surface area contributed by atoms with Gasteiger partial charge in [0.1, 0.15) is 0 Å². The fraction of sp³-hybridized carbons (Fsp3) is 0.909. The second-order valence-corrected chi connectivity index (χ2v) is 4.40. The molecule has 0 aromatic carbocycles. The van der Waals surface area contributed by atoms with Crippen LogP contribution in [-0.4, -0.2) is 48.3 Å². The molecule has 1 atom stereocenters. The van der Waals surface area contributed by atoms with E-state index in [1.807, 2.05) is 4.90 Å². The van der Waals surface area contributed by atoms with E-state index in [4.69, 9.17) is 9.84 Å². The minimum atomic E-state index is 0.0390. The van der Waals surface area contributed by atoms with Gasteiger partial charge in [-0.25, -0.2) is 0 Å². The fourth-order valence-electron chi connectivity index (χ4n) is 2.24. The van der Waals surface area contributed by atoms with Gasteiger partial charge in [0.05, 0.1) is 19.1 Å². The SMILES string of the molecule is O=C(C1CCOC1)N(CCO)C1CCC1. The maximum atomic E-state index is 12.1. The number of ether oxygens (including phenoxy) is 1. The maximum absolute atomic E-state index is 12.1. The zero-order valence-electron chi connectivity index (χ0n) is 9.02. The van der Waals surface area contributed by atoms with Crippen LogP contribution >= 0.6 is 0 Å². The molecule has 0 radical (unpaired) electrons. The van der Waals surface area contributed by atoms with Crippen LogP contribution < -0.4 is 0 Å². The summed E-state index contributed by atoms with van der Waals surface area (Å²) in [6.07, 6.45) is 4.24. The zero-order valence-corrected chi connectivity index (χ0v) is 9.02. The molecule has 4 heteroatoms. The molecule has 1 unspecified atom stereocenters. The molecular formula is C11H19NO3. The summed E-state index contributed by atoms with van der Waals surface area (Å²) < 4.78 is 5.23. The molecular weight excluding hydrogens is 194 g/mol. The molecule has 0 aromatic rings. The third kappa shape index (κ3) is 2.32. The van der Waals surface area contributed by atoms with Gasteiger partial charge >= 0.3 is 0 Å². The summed E-state index contributed by atoms with van der Waals surface area (Å²) in [6.45, 7) is 1.82. The Balaban J connectivity index is 1.92. The summed E-state index contributed by atoms with van der Waals surface area (Å²) in [6, 6.07) is 0.380. The first-order chi connectivity index (χ1) is 7.33. The average Bonchev–Trinajstić information content (AvgIpc) is 2.66. The molecule has 2 rings (SSSR count). The average molecular weight is 213 g/mol. The lowest BCUT2D eigenvalue weighted by Crippen LogP contribution is -2.48. The van der Waals surface area contributed by atoms with Gasteiger partial charge in [0.25, 0.3) is 0 Å². The van der Waals surface area contributed by atoms with Crippen molar-refractivity contribution in [3.8, 4) is 0 Å². The molecule has 0 aromatic heterocycles. The standard InChI is InChI=1S/C11H19NO3/c13-6-5-12(10-2-1-3-10)11(14)9-4-7-15-8-9/h9-10,13H,1-8H2. The van der Waals surface area contributed by atoms with Crippen LogP contribution in [0.1, 0.15) is 25.7 Å². The van der Waals surface area contributed by atoms with Gasteiger partial charge in [0.2, 0.25) is 5.91 Å². The quantitative estimate of drug-likeness (QED) is 0.735. The first-order valence-corrected chi connectivity index (χ1v) is 5.82. The summed E-state index contributed by atoms with van der Waals surface area (Å²) in [5.74, 6) is 0.225. The van der Waals surface area contributed by atoms with Crippen LogP contribution in [0.4, 0.5) is 0 Å². The van der Waals surface area contributed by atoms with Crippen molar-refractivity contribution in [2.45, 2.75) is 31.7 Å². The Morgan fingerprint density at radius 1 is 1.40 bits per heavy atom. The van der Waals surface area contributed by atoms with E-state index in [0.29, 0.717) is 25.8 Å². The Labute approximate surface area is 90.2 Å². The number of nitrogens with zero attached hydrogens (tertiary/aromatic N) is 1. The Morgan fingerprint density at radius 3 is 2.67 bits per heavy atom. The van der Waals surface area contributed by atoms with Gasteiger partial charge in [-0.3, -0.25) is 4.79 Å². The molecule has 1 heterocycles. The van der Waals surface area contributed by atoms with Crippen molar-refractivity contribution in [2.24, 2.45) is 5.92 Å². The van der Waals surface area contributed by atoms with Gasteiger partial charge in [-0.05, 0) is 25.7 Å². The lowest BCUT2D eigenvalue weighted by atomic mass is 9.90. The molecule has 1 N–H and O–H groups in total. The van der Waals surface area contributed by atoms with Crippen molar-refractivity contribution in [3.63, 3.8) is 0 Å². The third-order valence-corrected chi connectivity index (χ3v) is 3.42.